The van der Waals surface area contributed by atoms with Gasteiger partial charge in [-0.3, -0.25) is 9.59 Å². The van der Waals surface area contributed by atoms with Crippen LogP contribution in [0.5, 0.6) is 0 Å². The molecule has 0 amide bonds. The highest BCUT2D eigenvalue weighted by Gasteiger charge is 2.63. The molecule has 10 heteroatoms. The van der Waals surface area contributed by atoms with Crippen LogP contribution in [0.1, 0.15) is 58.8 Å². The Morgan fingerprint density at radius 1 is 1.05 bits per heavy atom. The van der Waals surface area contributed by atoms with Crippen LogP contribution in [-0.2, 0) is 23.9 Å². The zero-order chi connectivity index (χ0) is 26.9. The molecule has 1 saturated heterocycles. The molecule has 5 aliphatic rings. The van der Waals surface area contributed by atoms with Crippen LogP contribution in [0.2, 0.25) is 0 Å². The molecule has 0 radical (unpaired) electrons. The van der Waals surface area contributed by atoms with Crippen LogP contribution in [0, 0.1) is 34.5 Å². The third kappa shape index (κ3) is 4.20. The number of fused-ring (bicyclic) bond motifs is 5. The van der Waals surface area contributed by atoms with Crippen molar-refractivity contribution in [3.63, 3.8) is 0 Å². The lowest BCUT2D eigenvalue weighted by Gasteiger charge is -2.59. The van der Waals surface area contributed by atoms with E-state index in [0.717, 1.165) is 31.3 Å². The monoisotopic (exact) mass is 522 g/mol. The molecule has 0 spiro atoms. The first-order chi connectivity index (χ1) is 17.4. The number of rotatable bonds is 5. The fourth-order valence-electron chi connectivity index (χ4n) is 8.67. The molecule has 0 bridgehead atoms. The first-order valence-electron chi connectivity index (χ1n) is 13.4. The molecule has 37 heavy (non-hydrogen) atoms. The molecule has 1 aliphatic heterocycles. The summed E-state index contributed by atoms with van der Waals surface area (Å²) in [5, 5.41) is 50.8. The molecule has 0 aromatic heterocycles. The van der Waals surface area contributed by atoms with Gasteiger partial charge in [-0.2, -0.15) is 0 Å². The number of ketones is 2. The molecule has 12 atom stereocenters. The van der Waals surface area contributed by atoms with Crippen molar-refractivity contribution in [2.75, 3.05) is 6.61 Å². The fourth-order valence-corrected chi connectivity index (χ4v) is 8.67. The van der Waals surface area contributed by atoms with Gasteiger partial charge in [0.1, 0.15) is 24.9 Å². The summed E-state index contributed by atoms with van der Waals surface area (Å²) in [7, 11) is 0. The Balaban J connectivity index is 1.29. The van der Waals surface area contributed by atoms with Gasteiger partial charge in [0, 0.05) is 12.3 Å². The van der Waals surface area contributed by atoms with Gasteiger partial charge in [0.05, 0.1) is 6.10 Å². The summed E-state index contributed by atoms with van der Waals surface area (Å²) in [6, 6.07) is 0. The van der Waals surface area contributed by atoms with E-state index in [2.05, 4.69) is 13.8 Å². The van der Waals surface area contributed by atoms with Crippen molar-refractivity contribution in [2.24, 2.45) is 34.5 Å². The molecule has 4 fully saturated rings. The van der Waals surface area contributed by atoms with Gasteiger partial charge < -0.3 is 35.0 Å². The lowest BCUT2D eigenvalue weighted by Crippen LogP contribution is -2.60. The van der Waals surface area contributed by atoms with Crippen molar-refractivity contribution in [1.29, 1.82) is 0 Å². The van der Waals surface area contributed by atoms with E-state index in [4.69, 9.17) is 9.47 Å². The minimum atomic E-state index is -1.83. The smallest absolute Gasteiger partial charge is 0.335 e. The zero-order valence-electron chi connectivity index (χ0n) is 21.3. The van der Waals surface area contributed by atoms with E-state index in [0.29, 0.717) is 19.3 Å². The van der Waals surface area contributed by atoms with Crippen molar-refractivity contribution >= 4 is 17.5 Å². The van der Waals surface area contributed by atoms with E-state index < -0.39 is 54.8 Å². The molecule has 4 aliphatic carbocycles. The summed E-state index contributed by atoms with van der Waals surface area (Å²) >= 11 is 0. The Kier molecular flexibility index (Phi) is 6.90. The fraction of sp³-hybridized carbons (Fsp3) is 0.815. The van der Waals surface area contributed by atoms with E-state index in [1.54, 1.807) is 6.08 Å². The predicted octanol–water partition coefficient (Wildman–Crippen LogP) is 0.583. The number of aliphatic hydroxyl groups excluding tert-OH is 4. The van der Waals surface area contributed by atoms with Gasteiger partial charge in [-0.15, -0.1) is 0 Å². The van der Waals surface area contributed by atoms with Gasteiger partial charge in [0.15, 0.2) is 24.0 Å². The molecular formula is C27H38O10. The molecule has 0 aromatic rings. The first-order valence-corrected chi connectivity index (χ1v) is 13.4. The zero-order valence-corrected chi connectivity index (χ0v) is 21.3. The van der Waals surface area contributed by atoms with Crippen LogP contribution >= 0.6 is 0 Å². The van der Waals surface area contributed by atoms with Gasteiger partial charge in [-0.25, -0.2) is 4.79 Å². The number of aliphatic hydroxyl groups is 4. The lowest BCUT2D eigenvalue weighted by atomic mass is 9.46. The van der Waals surface area contributed by atoms with E-state index in [1.165, 1.54) is 0 Å². The van der Waals surface area contributed by atoms with E-state index in [-0.39, 0.29) is 40.7 Å². The average molecular weight is 523 g/mol. The topological polar surface area (TPSA) is 171 Å². The summed E-state index contributed by atoms with van der Waals surface area (Å²) in [5.41, 5.74) is 0.516. The van der Waals surface area contributed by atoms with Gasteiger partial charge in [0.25, 0.3) is 0 Å². The highest BCUT2D eigenvalue weighted by atomic mass is 16.7. The second kappa shape index (κ2) is 9.50. The SMILES string of the molecule is C[C@]12C[C@H](O)[C@H]3[C@@H](CCC4=CC(=O)CC[C@@]43C)[C@@H]1CC[C@@H]2C(=O)COC1O[C@H](C(=O)O)[C@@H](O)[C@H](O)[C@H]1O. The minimum absolute atomic E-state index is 0.0513. The Hall–Kier alpha value is -1.69. The standard InChI is InChI=1S/C27H38O10/c1-26-8-7-13(28)9-12(26)3-4-14-15-5-6-16(27(15,2)10-17(29)19(14)26)18(30)11-36-25-22(33)20(31)21(32)23(37-25)24(34)35/h9,14-17,19-23,25,29,31-33H,3-8,10-11H2,1-2H3,(H,34,35)/t14-,15-,16+,17-,19+,20-,21-,22+,23-,25?,26-,27-/m0/s1. The largest absolute Gasteiger partial charge is 0.479 e. The van der Waals surface area contributed by atoms with Crippen molar-refractivity contribution in [3.8, 4) is 0 Å². The number of carboxylic acids is 1. The summed E-state index contributed by atoms with van der Waals surface area (Å²) in [6.45, 7) is 3.81. The van der Waals surface area contributed by atoms with Crippen molar-refractivity contribution in [2.45, 2.75) is 95.6 Å². The van der Waals surface area contributed by atoms with Crippen LogP contribution in [0.25, 0.3) is 0 Å². The van der Waals surface area contributed by atoms with Crippen LogP contribution < -0.4 is 0 Å². The number of carbonyl (C=O) groups is 3. The highest BCUT2D eigenvalue weighted by molar-refractivity contribution is 5.91. The van der Waals surface area contributed by atoms with Gasteiger partial charge in [-0.1, -0.05) is 19.4 Å². The quantitative estimate of drug-likeness (QED) is 0.344. The predicted molar refractivity (Wildman–Crippen MR) is 127 cm³/mol. The number of aliphatic carboxylic acids is 1. The normalized spacial score (nSPS) is 49.5. The molecule has 1 unspecified atom stereocenters. The Morgan fingerprint density at radius 2 is 1.78 bits per heavy atom. The summed E-state index contributed by atoms with van der Waals surface area (Å²) < 4.78 is 10.6. The van der Waals surface area contributed by atoms with Crippen LogP contribution in [-0.4, -0.2) is 86.5 Å². The van der Waals surface area contributed by atoms with Crippen LogP contribution in [0.4, 0.5) is 0 Å². The number of allylic oxidation sites excluding steroid dienone is 1. The number of Topliss-reactive ketones (excluding diaryl/α,β-unsaturated/α-hetero) is 1. The molecule has 10 nitrogen and oxygen atoms in total. The van der Waals surface area contributed by atoms with Crippen molar-refractivity contribution < 1.29 is 49.4 Å². The molecule has 0 aromatic carbocycles. The molecule has 5 N–H and O–H groups in total. The van der Waals surface area contributed by atoms with Gasteiger partial charge in [0.2, 0.25) is 0 Å². The maximum atomic E-state index is 13.4. The number of hydrogen-bond donors (Lipinski definition) is 5. The number of carbonyl (C=O) groups excluding carboxylic acids is 2. The van der Waals surface area contributed by atoms with Crippen molar-refractivity contribution in [1.82, 2.24) is 0 Å². The highest BCUT2D eigenvalue weighted by Crippen LogP contribution is 2.66. The van der Waals surface area contributed by atoms with Crippen LogP contribution in [0.3, 0.4) is 0 Å². The van der Waals surface area contributed by atoms with E-state index in [9.17, 15) is 39.9 Å². The van der Waals surface area contributed by atoms with Crippen molar-refractivity contribution in [3.05, 3.63) is 11.6 Å². The second-order valence-corrected chi connectivity index (χ2v) is 12.3. The Labute approximate surface area is 215 Å². The summed E-state index contributed by atoms with van der Waals surface area (Å²) in [5.74, 6) is -1.40. The third-order valence-electron chi connectivity index (χ3n) is 10.5. The minimum Gasteiger partial charge on any atom is -0.479 e. The number of ether oxygens (including phenoxy) is 2. The van der Waals surface area contributed by atoms with E-state index in [1.807, 2.05) is 0 Å². The third-order valence-corrected chi connectivity index (χ3v) is 10.5. The molecular weight excluding hydrogens is 484 g/mol. The second-order valence-electron chi connectivity index (χ2n) is 12.3. The molecule has 5 rings (SSSR count). The first kappa shape index (κ1) is 26.9. The lowest BCUT2D eigenvalue weighted by molar-refractivity contribution is -0.292. The Bertz CT molecular complexity index is 994. The van der Waals surface area contributed by atoms with Gasteiger partial charge >= 0.3 is 5.97 Å². The molecule has 206 valence electrons. The van der Waals surface area contributed by atoms with Crippen LogP contribution in [0.15, 0.2) is 11.6 Å². The maximum absolute atomic E-state index is 13.4. The Morgan fingerprint density at radius 3 is 2.49 bits per heavy atom. The van der Waals surface area contributed by atoms with E-state index >= 15 is 0 Å². The average Bonchev–Trinajstić information content (AvgIpc) is 3.18. The van der Waals surface area contributed by atoms with Gasteiger partial charge in [-0.05, 0) is 73.2 Å². The maximum Gasteiger partial charge on any atom is 0.335 e. The number of hydrogen-bond acceptors (Lipinski definition) is 9. The summed E-state index contributed by atoms with van der Waals surface area (Å²) in [6.07, 6.45) is -2.58. The number of carboxylic acid groups (broad SMARTS) is 1. The molecule has 3 saturated carbocycles. The summed E-state index contributed by atoms with van der Waals surface area (Å²) in [4.78, 5) is 36.8. The molecule has 1 heterocycles.